The minimum atomic E-state index is -0.923. The van der Waals surface area contributed by atoms with Crippen molar-refractivity contribution in [3.05, 3.63) is 0 Å². The van der Waals surface area contributed by atoms with Crippen molar-refractivity contribution in [1.82, 2.24) is 4.90 Å². The van der Waals surface area contributed by atoms with E-state index in [2.05, 4.69) is 13.8 Å². The van der Waals surface area contributed by atoms with E-state index in [1.807, 2.05) is 4.90 Å². The molecule has 5 nitrogen and oxygen atoms in total. The van der Waals surface area contributed by atoms with E-state index in [9.17, 15) is 14.7 Å². The number of aliphatic carboxylic acids is 2. The van der Waals surface area contributed by atoms with Crippen molar-refractivity contribution in [3.63, 3.8) is 0 Å². The molecule has 2 N–H and O–H groups in total. The lowest BCUT2D eigenvalue weighted by Crippen LogP contribution is -2.42. The highest BCUT2D eigenvalue weighted by Gasteiger charge is 2.25. The summed E-state index contributed by atoms with van der Waals surface area (Å²) in [5.41, 5.74) is 0. The van der Waals surface area contributed by atoms with Gasteiger partial charge in [0.25, 0.3) is 0 Å². The molecule has 1 unspecified atom stereocenters. The molecule has 0 aromatic rings. The molecule has 0 amide bonds. The third kappa shape index (κ3) is 15.6. The standard InChI is InChI=1S/C22H43NO4/c1-3-5-7-8-9-10-11-12-13-15-19-23(18-14-6-4-2)20(22(26)27)16-17-21(24)25/h20H,3-19H2,1-2H3,(H,24,25)(H,26,27). The summed E-state index contributed by atoms with van der Waals surface area (Å²) in [6.45, 7) is 5.88. The maximum Gasteiger partial charge on any atom is 0.320 e. The second kappa shape index (κ2) is 18.3. The highest BCUT2D eigenvalue weighted by atomic mass is 16.4. The molecule has 0 aromatic heterocycles. The topological polar surface area (TPSA) is 77.8 Å². The number of carbonyl (C=O) groups is 2. The fourth-order valence-corrected chi connectivity index (χ4v) is 3.51. The van der Waals surface area contributed by atoms with Crippen LogP contribution < -0.4 is 0 Å². The second-order valence-electron chi connectivity index (χ2n) is 7.71. The minimum Gasteiger partial charge on any atom is -0.481 e. The van der Waals surface area contributed by atoms with Gasteiger partial charge in [0, 0.05) is 6.42 Å². The lowest BCUT2D eigenvalue weighted by molar-refractivity contribution is -0.144. The largest absolute Gasteiger partial charge is 0.481 e. The van der Waals surface area contributed by atoms with E-state index in [4.69, 9.17) is 5.11 Å². The highest BCUT2D eigenvalue weighted by Crippen LogP contribution is 2.14. The van der Waals surface area contributed by atoms with Crippen LogP contribution in [0.25, 0.3) is 0 Å². The number of rotatable bonds is 20. The molecule has 0 fully saturated rings. The Bertz CT molecular complexity index is 373. The molecule has 0 aliphatic heterocycles. The maximum atomic E-state index is 11.6. The van der Waals surface area contributed by atoms with Crippen molar-refractivity contribution in [2.24, 2.45) is 0 Å². The fraction of sp³-hybridized carbons (Fsp3) is 0.909. The fourth-order valence-electron chi connectivity index (χ4n) is 3.51. The van der Waals surface area contributed by atoms with Crippen molar-refractivity contribution in [2.45, 2.75) is 116 Å². The van der Waals surface area contributed by atoms with Gasteiger partial charge in [-0.25, -0.2) is 0 Å². The lowest BCUT2D eigenvalue weighted by Gasteiger charge is -2.28. The predicted octanol–water partition coefficient (Wildman–Crippen LogP) is 5.72. The van der Waals surface area contributed by atoms with Gasteiger partial charge in [-0.2, -0.15) is 0 Å². The Morgan fingerprint density at radius 3 is 1.56 bits per heavy atom. The summed E-state index contributed by atoms with van der Waals surface area (Å²) in [6.07, 6.45) is 15.9. The van der Waals surface area contributed by atoms with Gasteiger partial charge in [-0.3, -0.25) is 14.5 Å². The van der Waals surface area contributed by atoms with Crippen LogP contribution in [-0.2, 0) is 9.59 Å². The zero-order chi connectivity index (χ0) is 20.3. The summed E-state index contributed by atoms with van der Waals surface area (Å²) in [5, 5.41) is 18.4. The van der Waals surface area contributed by atoms with Gasteiger partial charge in [0.15, 0.2) is 0 Å². The first-order valence-corrected chi connectivity index (χ1v) is 11.2. The Labute approximate surface area is 166 Å². The Hall–Kier alpha value is -1.10. The molecule has 27 heavy (non-hydrogen) atoms. The Kier molecular flexibility index (Phi) is 17.5. The van der Waals surface area contributed by atoms with Gasteiger partial charge in [-0.05, 0) is 32.4 Å². The molecule has 160 valence electrons. The van der Waals surface area contributed by atoms with E-state index in [1.54, 1.807) is 0 Å². The third-order valence-electron chi connectivity index (χ3n) is 5.21. The summed E-state index contributed by atoms with van der Waals surface area (Å²) in [5.74, 6) is -1.81. The molecular formula is C22H43NO4. The van der Waals surface area contributed by atoms with Gasteiger partial charge in [0.2, 0.25) is 0 Å². The van der Waals surface area contributed by atoms with Crippen LogP contribution in [0.5, 0.6) is 0 Å². The molecule has 0 rings (SSSR count). The van der Waals surface area contributed by atoms with Crippen LogP contribution >= 0.6 is 0 Å². The Morgan fingerprint density at radius 1 is 0.704 bits per heavy atom. The molecule has 5 heteroatoms. The molecule has 0 aromatic carbocycles. The normalized spacial score (nSPS) is 12.4. The molecule has 0 aliphatic rings. The quantitative estimate of drug-likeness (QED) is 0.262. The highest BCUT2D eigenvalue weighted by molar-refractivity contribution is 5.75. The van der Waals surface area contributed by atoms with Crippen LogP contribution in [0.3, 0.4) is 0 Å². The first-order chi connectivity index (χ1) is 13.0. The minimum absolute atomic E-state index is 0.0841. The first kappa shape index (κ1) is 25.9. The van der Waals surface area contributed by atoms with Crippen molar-refractivity contribution in [3.8, 4) is 0 Å². The molecular weight excluding hydrogens is 342 g/mol. The summed E-state index contributed by atoms with van der Waals surface area (Å²) in [4.78, 5) is 24.5. The van der Waals surface area contributed by atoms with Gasteiger partial charge in [0.05, 0.1) is 0 Å². The zero-order valence-electron chi connectivity index (χ0n) is 17.8. The Balaban J connectivity index is 4.15. The third-order valence-corrected chi connectivity index (χ3v) is 5.21. The zero-order valence-corrected chi connectivity index (χ0v) is 17.8. The first-order valence-electron chi connectivity index (χ1n) is 11.2. The summed E-state index contributed by atoms with van der Waals surface area (Å²) in [7, 11) is 0. The van der Waals surface area contributed by atoms with Crippen molar-refractivity contribution in [1.29, 1.82) is 0 Å². The van der Waals surface area contributed by atoms with E-state index in [-0.39, 0.29) is 12.8 Å². The molecule has 0 radical (unpaired) electrons. The van der Waals surface area contributed by atoms with E-state index in [0.29, 0.717) is 0 Å². The SMILES string of the molecule is CCCCCCCCCCCCN(CCCCC)C(CCC(=O)O)C(=O)O. The van der Waals surface area contributed by atoms with E-state index in [0.717, 1.165) is 45.2 Å². The molecule has 1 atom stereocenters. The van der Waals surface area contributed by atoms with E-state index in [1.165, 1.54) is 51.4 Å². The molecule has 0 aliphatic carbocycles. The molecule has 0 saturated heterocycles. The van der Waals surface area contributed by atoms with Crippen molar-refractivity contribution >= 4 is 11.9 Å². The number of unbranched alkanes of at least 4 members (excludes halogenated alkanes) is 11. The summed E-state index contributed by atoms with van der Waals surface area (Å²) < 4.78 is 0. The van der Waals surface area contributed by atoms with Crippen LogP contribution in [-0.4, -0.2) is 46.2 Å². The maximum absolute atomic E-state index is 11.6. The predicted molar refractivity (Wildman–Crippen MR) is 111 cm³/mol. The molecule has 0 bridgehead atoms. The average molecular weight is 386 g/mol. The second-order valence-corrected chi connectivity index (χ2v) is 7.71. The van der Waals surface area contributed by atoms with Crippen LogP contribution in [0, 0.1) is 0 Å². The Morgan fingerprint density at radius 2 is 1.11 bits per heavy atom. The molecule has 0 saturated carbocycles. The van der Waals surface area contributed by atoms with Gasteiger partial charge in [-0.15, -0.1) is 0 Å². The monoisotopic (exact) mass is 385 g/mol. The van der Waals surface area contributed by atoms with Gasteiger partial charge >= 0.3 is 11.9 Å². The van der Waals surface area contributed by atoms with Gasteiger partial charge < -0.3 is 10.2 Å². The lowest BCUT2D eigenvalue weighted by atomic mass is 10.1. The van der Waals surface area contributed by atoms with Crippen LogP contribution in [0.2, 0.25) is 0 Å². The molecule has 0 spiro atoms. The van der Waals surface area contributed by atoms with Crippen molar-refractivity contribution < 1.29 is 19.8 Å². The number of carboxylic acid groups (broad SMARTS) is 2. The summed E-state index contributed by atoms with van der Waals surface area (Å²) >= 11 is 0. The average Bonchev–Trinajstić information content (AvgIpc) is 2.62. The summed E-state index contributed by atoms with van der Waals surface area (Å²) in [6, 6.07) is -0.670. The van der Waals surface area contributed by atoms with Crippen LogP contribution in [0.4, 0.5) is 0 Å². The van der Waals surface area contributed by atoms with Crippen LogP contribution in [0.15, 0.2) is 0 Å². The molecule has 0 heterocycles. The van der Waals surface area contributed by atoms with E-state index < -0.39 is 18.0 Å². The van der Waals surface area contributed by atoms with Crippen molar-refractivity contribution in [2.75, 3.05) is 13.1 Å². The van der Waals surface area contributed by atoms with Gasteiger partial charge in [-0.1, -0.05) is 84.5 Å². The number of nitrogens with zero attached hydrogens (tertiary/aromatic N) is 1. The smallest absolute Gasteiger partial charge is 0.320 e. The number of hydrogen-bond acceptors (Lipinski definition) is 3. The van der Waals surface area contributed by atoms with E-state index >= 15 is 0 Å². The van der Waals surface area contributed by atoms with Gasteiger partial charge in [0.1, 0.15) is 6.04 Å². The van der Waals surface area contributed by atoms with Crippen LogP contribution in [0.1, 0.15) is 110 Å². The number of hydrogen-bond donors (Lipinski definition) is 2. The number of carboxylic acids is 2.